The molecule has 1 aromatic carbocycles. The van der Waals surface area contributed by atoms with Crippen molar-refractivity contribution in [1.29, 1.82) is 0 Å². The monoisotopic (exact) mass is 245 g/mol. The number of nitro groups is 1. The Morgan fingerprint density at radius 3 is 2.81 bits per heavy atom. The van der Waals surface area contributed by atoms with Gasteiger partial charge in [0.05, 0.1) is 11.0 Å². The molecular formula is C10H12FNO3S. The predicted molar refractivity (Wildman–Crippen MR) is 60.0 cm³/mol. The van der Waals surface area contributed by atoms with E-state index in [0.717, 1.165) is 6.07 Å². The number of nitro benzene ring substituents is 1. The molecule has 0 heterocycles. The lowest BCUT2D eigenvalue weighted by Gasteiger charge is -2.07. The maximum absolute atomic E-state index is 13.4. The fraction of sp³-hybridized carbons (Fsp3) is 0.400. The van der Waals surface area contributed by atoms with Crippen LogP contribution in [0.5, 0.6) is 0 Å². The van der Waals surface area contributed by atoms with Gasteiger partial charge < -0.3 is 5.11 Å². The van der Waals surface area contributed by atoms with Crippen molar-refractivity contribution in [2.75, 3.05) is 12.4 Å². The molecule has 0 spiro atoms. The molecule has 1 aromatic rings. The number of halogens is 1. The van der Waals surface area contributed by atoms with Gasteiger partial charge in [0.25, 0.3) is 5.69 Å². The van der Waals surface area contributed by atoms with E-state index >= 15 is 0 Å². The molecule has 1 rings (SSSR count). The van der Waals surface area contributed by atoms with Gasteiger partial charge in [-0.05, 0) is 12.0 Å². The molecule has 16 heavy (non-hydrogen) atoms. The van der Waals surface area contributed by atoms with Gasteiger partial charge >= 0.3 is 0 Å². The van der Waals surface area contributed by atoms with Crippen LogP contribution in [0, 0.1) is 21.8 Å². The Kier molecular flexibility index (Phi) is 4.70. The highest BCUT2D eigenvalue weighted by Crippen LogP contribution is 2.26. The molecule has 4 nitrogen and oxygen atoms in total. The number of aliphatic hydroxyl groups is 1. The van der Waals surface area contributed by atoms with E-state index < -0.39 is 10.7 Å². The lowest BCUT2D eigenvalue weighted by atomic mass is 10.2. The van der Waals surface area contributed by atoms with Crippen LogP contribution < -0.4 is 0 Å². The molecule has 0 amide bonds. The van der Waals surface area contributed by atoms with Crippen molar-refractivity contribution in [3.05, 3.63) is 34.1 Å². The van der Waals surface area contributed by atoms with Gasteiger partial charge in [0, 0.05) is 23.3 Å². The lowest BCUT2D eigenvalue weighted by molar-refractivity contribution is -0.385. The third kappa shape index (κ3) is 3.46. The van der Waals surface area contributed by atoms with E-state index in [-0.39, 0.29) is 18.2 Å². The van der Waals surface area contributed by atoms with Crippen LogP contribution in [0.3, 0.4) is 0 Å². The average molecular weight is 245 g/mol. The van der Waals surface area contributed by atoms with Crippen molar-refractivity contribution in [1.82, 2.24) is 0 Å². The van der Waals surface area contributed by atoms with Crippen molar-refractivity contribution in [2.24, 2.45) is 5.92 Å². The minimum absolute atomic E-state index is 0.0433. The van der Waals surface area contributed by atoms with Crippen LogP contribution in [-0.4, -0.2) is 22.4 Å². The van der Waals surface area contributed by atoms with Crippen molar-refractivity contribution in [3.8, 4) is 0 Å². The van der Waals surface area contributed by atoms with Gasteiger partial charge in [0.1, 0.15) is 5.82 Å². The molecule has 6 heteroatoms. The minimum atomic E-state index is -0.631. The summed E-state index contributed by atoms with van der Waals surface area (Å²) >= 11 is 1.24. The maximum atomic E-state index is 13.4. The van der Waals surface area contributed by atoms with E-state index in [0.29, 0.717) is 10.6 Å². The first kappa shape index (κ1) is 12.9. The summed E-state index contributed by atoms with van der Waals surface area (Å²) in [5, 5.41) is 19.2. The van der Waals surface area contributed by atoms with Crippen molar-refractivity contribution in [2.45, 2.75) is 11.8 Å². The minimum Gasteiger partial charge on any atom is -0.396 e. The summed E-state index contributed by atoms with van der Waals surface area (Å²) in [6, 6.07) is 3.57. The van der Waals surface area contributed by atoms with E-state index in [1.54, 1.807) is 0 Å². The van der Waals surface area contributed by atoms with Crippen LogP contribution in [0.4, 0.5) is 10.1 Å². The molecular weight excluding hydrogens is 233 g/mol. The second-order valence-corrected chi connectivity index (χ2v) is 4.53. The number of nitrogens with zero attached hydrogens (tertiary/aromatic N) is 1. The Labute approximate surface area is 96.6 Å². The van der Waals surface area contributed by atoms with Crippen LogP contribution in [0.15, 0.2) is 23.1 Å². The predicted octanol–water partition coefficient (Wildman–Crippen LogP) is 2.45. The molecule has 0 saturated heterocycles. The third-order valence-corrected chi connectivity index (χ3v) is 3.34. The number of hydrogen-bond donors (Lipinski definition) is 1. The van der Waals surface area contributed by atoms with Crippen LogP contribution in [0.2, 0.25) is 0 Å². The molecule has 0 saturated carbocycles. The number of thioether (sulfide) groups is 1. The topological polar surface area (TPSA) is 63.4 Å². The van der Waals surface area contributed by atoms with E-state index in [2.05, 4.69) is 0 Å². The molecule has 0 aliphatic rings. The van der Waals surface area contributed by atoms with Gasteiger partial charge in [0.2, 0.25) is 0 Å². The molecule has 0 fully saturated rings. The Balaban J connectivity index is 2.72. The van der Waals surface area contributed by atoms with E-state index in [9.17, 15) is 14.5 Å². The Morgan fingerprint density at radius 1 is 1.62 bits per heavy atom. The number of non-ortho nitro benzene ring substituents is 1. The summed E-state index contributed by atoms with van der Waals surface area (Å²) in [5.74, 6) is 0.0505. The van der Waals surface area contributed by atoms with Crippen LogP contribution in [0.25, 0.3) is 0 Å². The molecule has 0 aliphatic carbocycles. The SMILES string of the molecule is CC(CO)CSc1ccc([N+](=O)[O-])cc1F. The number of rotatable bonds is 5. The number of benzene rings is 1. The highest BCUT2D eigenvalue weighted by atomic mass is 32.2. The average Bonchev–Trinajstić information content (AvgIpc) is 2.26. The molecule has 0 radical (unpaired) electrons. The van der Waals surface area contributed by atoms with Crippen LogP contribution in [-0.2, 0) is 0 Å². The summed E-state index contributed by atoms with van der Waals surface area (Å²) in [4.78, 5) is 10.1. The van der Waals surface area contributed by atoms with Gasteiger partial charge in [-0.2, -0.15) is 0 Å². The Morgan fingerprint density at radius 2 is 2.31 bits per heavy atom. The summed E-state index contributed by atoms with van der Waals surface area (Å²) in [6.45, 7) is 1.89. The van der Waals surface area contributed by atoms with E-state index in [4.69, 9.17) is 5.11 Å². The lowest BCUT2D eigenvalue weighted by Crippen LogP contribution is -2.03. The summed E-state index contributed by atoms with van der Waals surface area (Å²) < 4.78 is 13.4. The van der Waals surface area contributed by atoms with Gasteiger partial charge in [-0.25, -0.2) is 4.39 Å². The molecule has 0 aromatic heterocycles. The summed E-state index contributed by atoms with van der Waals surface area (Å²) in [5.41, 5.74) is -0.253. The number of hydrogen-bond acceptors (Lipinski definition) is 4. The largest absolute Gasteiger partial charge is 0.396 e. The Hall–Kier alpha value is -1.14. The Bertz CT molecular complexity index is 386. The standard InChI is InChI=1S/C10H12FNO3S/c1-7(5-13)6-16-10-3-2-8(12(14)15)4-9(10)11/h2-4,7,13H,5-6H2,1H3. The van der Waals surface area contributed by atoms with Gasteiger partial charge in [-0.3, -0.25) is 10.1 Å². The zero-order valence-electron chi connectivity index (χ0n) is 8.72. The van der Waals surface area contributed by atoms with E-state index in [1.165, 1.54) is 23.9 Å². The summed E-state index contributed by atoms with van der Waals surface area (Å²) in [6.07, 6.45) is 0. The van der Waals surface area contributed by atoms with E-state index in [1.807, 2.05) is 6.92 Å². The van der Waals surface area contributed by atoms with Crippen LogP contribution >= 0.6 is 11.8 Å². The van der Waals surface area contributed by atoms with Gasteiger partial charge in [-0.15, -0.1) is 11.8 Å². The smallest absolute Gasteiger partial charge is 0.272 e. The number of aliphatic hydroxyl groups excluding tert-OH is 1. The van der Waals surface area contributed by atoms with Gasteiger partial charge in [-0.1, -0.05) is 6.92 Å². The van der Waals surface area contributed by atoms with Crippen molar-refractivity contribution < 1.29 is 14.4 Å². The van der Waals surface area contributed by atoms with Gasteiger partial charge in [0.15, 0.2) is 0 Å². The summed E-state index contributed by atoms with van der Waals surface area (Å²) in [7, 11) is 0. The molecule has 0 aliphatic heterocycles. The fourth-order valence-electron chi connectivity index (χ4n) is 1.01. The second kappa shape index (κ2) is 5.81. The first-order chi connectivity index (χ1) is 7.54. The molecule has 1 unspecified atom stereocenters. The highest BCUT2D eigenvalue weighted by Gasteiger charge is 2.11. The molecule has 88 valence electrons. The van der Waals surface area contributed by atoms with Crippen LogP contribution in [0.1, 0.15) is 6.92 Å². The molecule has 0 bridgehead atoms. The van der Waals surface area contributed by atoms with Crippen molar-refractivity contribution in [3.63, 3.8) is 0 Å². The normalized spacial score (nSPS) is 12.4. The fourth-order valence-corrected chi connectivity index (χ4v) is 1.94. The zero-order chi connectivity index (χ0) is 12.1. The molecule has 1 atom stereocenters. The first-order valence-corrected chi connectivity index (χ1v) is 5.70. The third-order valence-electron chi connectivity index (χ3n) is 1.96. The maximum Gasteiger partial charge on any atom is 0.272 e. The highest BCUT2D eigenvalue weighted by molar-refractivity contribution is 7.99. The second-order valence-electron chi connectivity index (χ2n) is 3.47. The molecule has 1 N–H and O–H groups in total. The van der Waals surface area contributed by atoms with Crippen molar-refractivity contribution >= 4 is 17.4 Å². The quantitative estimate of drug-likeness (QED) is 0.491. The first-order valence-electron chi connectivity index (χ1n) is 4.72. The zero-order valence-corrected chi connectivity index (χ0v) is 9.54.